The number of hydrogen-bond acceptors (Lipinski definition) is 6. The second-order valence-electron chi connectivity index (χ2n) is 4.70. The maximum Gasteiger partial charge on any atom is 0.376 e. The number of nitrogens with zero attached hydrogens (tertiary/aromatic N) is 2. The van der Waals surface area contributed by atoms with Crippen LogP contribution in [-0.4, -0.2) is 40.6 Å². The van der Waals surface area contributed by atoms with Gasteiger partial charge in [0.15, 0.2) is 0 Å². The van der Waals surface area contributed by atoms with Crippen LogP contribution in [0.1, 0.15) is 36.3 Å². The summed E-state index contributed by atoms with van der Waals surface area (Å²) in [5.74, 6) is 0.261. The fourth-order valence-electron chi connectivity index (χ4n) is 2.37. The van der Waals surface area contributed by atoms with Gasteiger partial charge >= 0.3 is 5.97 Å². The van der Waals surface area contributed by atoms with E-state index in [4.69, 9.17) is 0 Å². The largest absolute Gasteiger partial charge is 0.463 e. The molecule has 0 radical (unpaired) electrons. The Morgan fingerprint density at radius 2 is 2.26 bits per heavy atom. The van der Waals surface area contributed by atoms with Crippen LogP contribution in [0.15, 0.2) is 12.3 Å². The van der Waals surface area contributed by atoms with E-state index in [9.17, 15) is 4.79 Å². The van der Waals surface area contributed by atoms with Crippen LogP contribution in [0.5, 0.6) is 0 Å². The molecule has 6 heteroatoms. The number of anilines is 1. The molecule has 1 heterocycles. The van der Waals surface area contributed by atoms with Gasteiger partial charge in [0.1, 0.15) is 5.82 Å². The summed E-state index contributed by atoms with van der Waals surface area (Å²) in [5.41, 5.74) is 0. The third kappa shape index (κ3) is 3.37. The summed E-state index contributed by atoms with van der Waals surface area (Å²) < 4.78 is 4.92. The molecule has 0 spiro atoms. The highest BCUT2D eigenvalue weighted by Gasteiger charge is 2.32. The Balaban J connectivity index is 2.01. The Bertz CT molecular complexity index is 447. The van der Waals surface area contributed by atoms with Crippen LogP contribution in [0.4, 0.5) is 5.82 Å². The molecule has 19 heavy (non-hydrogen) atoms. The molecule has 1 aliphatic rings. The molecule has 104 valence electrons. The first-order valence-electron chi connectivity index (χ1n) is 6.39. The van der Waals surface area contributed by atoms with E-state index in [2.05, 4.69) is 26.3 Å². The number of thioether (sulfide) groups is 1. The van der Waals surface area contributed by atoms with Crippen LogP contribution < -0.4 is 5.32 Å². The quantitative estimate of drug-likeness (QED) is 0.836. The summed E-state index contributed by atoms with van der Waals surface area (Å²) in [6.07, 6.45) is 8.78. The molecule has 5 nitrogen and oxygen atoms in total. The normalized spacial score (nSPS) is 17.2. The molecule has 0 atom stereocenters. The van der Waals surface area contributed by atoms with Gasteiger partial charge in [0, 0.05) is 17.5 Å². The SMILES string of the molecule is COC(=O)c1nccc(NCC2(SC)CCCC2)n1. The van der Waals surface area contributed by atoms with Crippen molar-refractivity contribution in [3.05, 3.63) is 18.1 Å². The van der Waals surface area contributed by atoms with Gasteiger partial charge in [0.25, 0.3) is 0 Å². The number of methoxy groups -OCH3 is 1. The van der Waals surface area contributed by atoms with Crippen molar-refractivity contribution in [2.45, 2.75) is 30.4 Å². The van der Waals surface area contributed by atoms with E-state index in [0.717, 1.165) is 6.54 Å². The average Bonchev–Trinajstić information content (AvgIpc) is 2.94. The summed E-state index contributed by atoms with van der Waals surface area (Å²) in [5, 5.41) is 3.32. The zero-order valence-corrected chi connectivity index (χ0v) is 12.1. The summed E-state index contributed by atoms with van der Waals surface area (Å²) >= 11 is 1.92. The minimum absolute atomic E-state index is 0.0946. The van der Waals surface area contributed by atoms with Crippen LogP contribution in [0, 0.1) is 0 Å². The zero-order valence-electron chi connectivity index (χ0n) is 11.3. The maximum atomic E-state index is 11.4. The lowest BCUT2D eigenvalue weighted by Gasteiger charge is -2.27. The van der Waals surface area contributed by atoms with E-state index in [-0.39, 0.29) is 5.82 Å². The van der Waals surface area contributed by atoms with E-state index in [1.54, 1.807) is 12.3 Å². The third-order valence-electron chi connectivity index (χ3n) is 3.56. The van der Waals surface area contributed by atoms with E-state index >= 15 is 0 Å². The van der Waals surface area contributed by atoms with Crippen molar-refractivity contribution in [1.82, 2.24) is 9.97 Å². The molecule has 1 fully saturated rings. The lowest BCUT2D eigenvalue weighted by atomic mass is 10.1. The lowest BCUT2D eigenvalue weighted by molar-refractivity contribution is 0.0587. The molecule has 1 aromatic heterocycles. The third-order valence-corrected chi connectivity index (χ3v) is 4.98. The van der Waals surface area contributed by atoms with Crippen LogP contribution in [-0.2, 0) is 4.74 Å². The van der Waals surface area contributed by atoms with Gasteiger partial charge < -0.3 is 10.1 Å². The fourth-order valence-corrected chi connectivity index (χ4v) is 3.28. The summed E-state index contributed by atoms with van der Waals surface area (Å²) in [6, 6.07) is 1.77. The highest BCUT2D eigenvalue weighted by molar-refractivity contribution is 8.00. The minimum atomic E-state index is -0.510. The Kier molecular flexibility index (Phi) is 4.63. The molecule has 1 aliphatic carbocycles. The second kappa shape index (κ2) is 6.23. The van der Waals surface area contributed by atoms with Crippen LogP contribution >= 0.6 is 11.8 Å². The molecule has 0 amide bonds. The predicted octanol–water partition coefficient (Wildman–Crippen LogP) is 2.35. The number of ether oxygens (including phenoxy) is 1. The van der Waals surface area contributed by atoms with Gasteiger partial charge in [-0.2, -0.15) is 11.8 Å². The first-order chi connectivity index (χ1) is 9.19. The van der Waals surface area contributed by atoms with Gasteiger partial charge in [-0.3, -0.25) is 0 Å². The Morgan fingerprint density at radius 1 is 1.53 bits per heavy atom. The fraction of sp³-hybridized carbons (Fsp3) is 0.615. The Labute approximate surface area is 117 Å². The van der Waals surface area contributed by atoms with E-state index < -0.39 is 5.97 Å². The smallest absolute Gasteiger partial charge is 0.376 e. The van der Waals surface area contributed by atoms with E-state index in [1.165, 1.54) is 32.8 Å². The molecule has 0 aromatic carbocycles. The number of carbonyl (C=O) groups is 1. The van der Waals surface area contributed by atoms with Crippen molar-refractivity contribution in [2.75, 3.05) is 25.2 Å². The van der Waals surface area contributed by atoms with Crippen molar-refractivity contribution in [1.29, 1.82) is 0 Å². The summed E-state index contributed by atoms with van der Waals surface area (Å²) in [4.78, 5) is 19.4. The highest BCUT2D eigenvalue weighted by Crippen LogP contribution is 2.40. The standard InChI is InChI=1S/C13H19N3O2S/c1-18-12(17)11-14-8-5-10(16-11)15-9-13(19-2)6-3-4-7-13/h5,8H,3-4,6-7,9H2,1-2H3,(H,14,15,16). The monoisotopic (exact) mass is 281 g/mol. The van der Waals surface area contributed by atoms with Crippen LogP contribution in [0.25, 0.3) is 0 Å². The average molecular weight is 281 g/mol. The Hall–Kier alpha value is -1.30. The number of rotatable bonds is 5. The molecular formula is C13H19N3O2S. The molecule has 0 bridgehead atoms. The Morgan fingerprint density at radius 3 is 2.89 bits per heavy atom. The number of esters is 1. The minimum Gasteiger partial charge on any atom is -0.463 e. The van der Waals surface area contributed by atoms with Gasteiger partial charge in [-0.15, -0.1) is 0 Å². The lowest BCUT2D eigenvalue weighted by Crippen LogP contribution is -2.30. The number of carbonyl (C=O) groups excluding carboxylic acids is 1. The van der Waals surface area contributed by atoms with Gasteiger partial charge in [-0.05, 0) is 25.2 Å². The van der Waals surface area contributed by atoms with Gasteiger partial charge in [0.2, 0.25) is 5.82 Å². The van der Waals surface area contributed by atoms with Gasteiger partial charge in [-0.1, -0.05) is 12.8 Å². The molecule has 1 aromatic rings. The van der Waals surface area contributed by atoms with Crippen LogP contribution in [0.2, 0.25) is 0 Å². The van der Waals surface area contributed by atoms with Crippen molar-refractivity contribution in [2.24, 2.45) is 0 Å². The molecule has 1 N–H and O–H groups in total. The first kappa shape index (κ1) is 14.1. The molecule has 0 unspecified atom stereocenters. The zero-order chi connectivity index (χ0) is 13.7. The van der Waals surface area contributed by atoms with Crippen molar-refractivity contribution >= 4 is 23.5 Å². The maximum absolute atomic E-state index is 11.4. The number of aromatic nitrogens is 2. The van der Waals surface area contributed by atoms with Crippen molar-refractivity contribution < 1.29 is 9.53 Å². The summed E-state index contributed by atoms with van der Waals surface area (Å²) in [6.45, 7) is 0.867. The molecule has 0 saturated heterocycles. The summed E-state index contributed by atoms with van der Waals surface area (Å²) in [7, 11) is 1.33. The van der Waals surface area contributed by atoms with Crippen LogP contribution in [0.3, 0.4) is 0 Å². The molecule has 2 rings (SSSR count). The number of hydrogen-bond donors (Lipinski definition) is 1. The first-order valence-corrected chi connectivity index (χ1v) is 7.62. The topological polar surface area (TPSA) is 64.1 Å². The molecule has 0 aliphatic heterocycles. The second-order valence-corrected chi connectivity index (χ2v) is 5.98. The highest BCUT2D eigenvalue weighted by atomic mass is 32.2. The van der Waals surface area contributed by atoms with Crippen molar-refractivity contribution in [3.8, 4) is 0 Å². The van der Waals surface area contributed by atoms with Gasteiger partial charge in [0.05, 0.1) is 7.11 Å². The predicted molar refractivity (Wildman–Crippen MR) is 76.6 cm³/mol. The molecule has 1 saturated carbocycles. The number of nitrogens with one attached hydrogen (secondary N) is 1. The van der Waals surface area contributed by atoms with E-state index in [1.807, 2.05) is 11.8 Å². The van der Waals surface area contributed by atoms with Gasteiger partial charge in [-0.25, -0.2) is 14.8 Å². The molecular weight excluding hydrogens is 262 g/mol. The van der Waals surface area contributed by atoms with Crippen molar-refractivity contribution in [3.63, 3.8) is 0 Å². The van der Waals surface area contributed by atoms with E-state index in [0.29, 0.717) is 10.6 Å².